The molecule has 9 heteroatoms. The van der Waals surface area contributed by atoms with Crippen molar-refractivity contribution in [2.45, 2.75) is 12.2 Å². The van der Waals surface area contributed by atoms with E-state index in [9.17, 15) is 10.1 Å². The minimum Gasteiger partial charge on any atom is -0.497 e. The number of aliphatic imine (C=N–C) groups is 1. The summed E-state index contributed by atoms with van der Waals surface area (Å²) in [4.78, 5) is 14.1. The fourth-order valence-electron chi connectivity index (χ4n) is 2.10. The van der Waals surface area contributed by atoms with Crippen LogP contribution in [-0.2, 0) is 6.42 Å². The number of amidine groups is 1. The van der Waals surface area contributed by atoms with Crippen molar-refractivity contribution in [2.24, 2.45) is 16.5 Å². The van der Waals surface area contributed by atoms with E-state index >= 15 is 0 Å². The van der Waals surface area contributed by atoms with E-state index in [0.29, 0.717) is 11.5 Å². The van der Waals surface area contributed by atoms with Gasteiger partial charge in [-0.15, -0.1) is 0 Å². The van der Waals surface area contributed by atoms with Crippen molar-refractivity contribution in [2.75, 3.05) is 14.2 Å². The van der Waals surface area contributed by atoms with E-state index in [-0.39, 0.29) is 18.0 Å². The molecule has 9 nitrogen and oxygen atoms in total. The Hall–Kier alpha value is -2.81. The van der Waals surface area contributed by atoms with Gasteiger partial charge in [0.05, 0.1) is 25.3 Å². The number of nitro groups is 1. The topological polar surface area (TPSA) is 138 Å². The zero-order valence-electron chi connectivity index (χ0n) is 12.2. The van der Waals surface area contributed by atoms with Gasteiger partial charge in [-0.3, -0.25) is 15.8 Å². The summed E-state index contributed by atoms with van der Waals surface area (Å²) in [6.07, 6.45) is 1.38. The number of nitrogens with two attached hydrogens (primary N) is 2. The van der Waals surface area contributed by atoms with E-state index in [4.69, 9.17) is 20.9 Å². The Morgan fingerprint density at radius 3 is 2.68 bits per heavy atom. The van der Waals surface area contributed by atoms with Crippen LogP contribution >= 0.6 is 0 Å². The lowest BCUT2D eigenvalue weighted by atomic mass is 10.0. The number of hydrogen-bond acceptors (Lipinski definition) is 8. The molecule has 1 aromatic rings. The molecule has 1 heterocycles. The van der Waals surface area contributed by atoms with Crippen LogP contribution in [0.3, 0.4) is 0 Å². The van der Waals surface area contributed by atoms with E-state index in [2.05, 4.69) is 10.3 Å². The first-order valence-corrected chi connectivity index (χ1v) is 6.36. The van der Waals surface area contributed by atoms with Crippen LogP contribution in [0.5, 0.6) is 11.5 Å². The van der Waals surface area contributed by atoms with Crippen LogP contribution in [0.15, 0.2) is 35.1 Å². The first-order chi connectivity index (χ1) is 10.4. The number of nitrogens with one attached hydrogen (secondary N) is 1. The molecule has 5 N–H and O–H groups in total. The van der Waals surface area contributed by atoms with Gasteiger partial charge in [-0.2, -0.15) is 0 Å². The molecule has 1 atom stereocenters. The summed E-state index contributed by atoms with van der Waals surface area (Å²) in [6.45, 7) is 0. The Balaban J connectivity index is 2.26. The van der Waals surface area contributed by atoms with E-state index in [0.717, 1.165) is 11.8 Å². The first kappa shape index (κ1) is 15.6. The molecule has 0 radical (unpaired) electrons. The van der Waals surface area contributed by atoms with E-state index in [1.165, 1.54) is 7.11 Å². The second-order valence-corrected chi connectivity index (χ2v) is 4.71. The van der Waals surface area contributed by atoms with Crippen LogP contribution in [0.1, 0.15) is 5.56 Å². The van der Waals surface area contributed by atoms with Crippen LogP contribution in [-0.4, -0.2) is 30.8 Å². The molecule has 0 fully saturated rings. The van der Waals surface area contributed by atoms with Gasteiger partial charge in [0.2, 0.25) is 5.84 Å². The summed E-state index contributed by atoms with van der Waals surface area (Å²) in [5, 5.41) is 13.5. The van der Waals surface area contributed by atoms with Gasteiger partial charge in [0, 0.05) is 18.1 Å². The maximum Gasteiger partial charge on any atom is 0.326 e. The number of methoxy groups -OCH3 is 2. The summed E-state index contributed by atoms with van der Waals surface area (Å²) in [7, 11) is 3.08. The Morgan fingerprint density at radius 2 is 2.14 bits per heavy atom. The van der Waals surface area contributed by atoms with Crippen LogP contribution in [0, 0.1) is 10.1 Å². The van der Waals surface area contributed by atoms with Crippen molar-refractivity contribution in [3.63, 3.8) is 0 Å². The number of rotatable bonds is 5. The van der Waals surface area contributed by atoms with Gasteiger partial charge < -0.3 is 20.5 Å². The third kappa shape index (κ3) is 3.09. The Labute approximate surface area is 126 Å². The molecule has 0 spiro atoms. The molecule has 1 aliphatic heterocycles. The molecular formula is C13H17N5O4. The molecule has 22 heavy (non-hydrogen) atoms. The molecule has 0 bridgehead atoms. The molecule has 0 aliphatic carbocycles. The highest BCUT2D eigenvalue weighted by molar-refractivity contribution is 5.95. The molecule has 0 amide bonds. The fourth-order valence-corrected chi connectivity index (χ4v) is 2.10. The summed E-state index contributed by atoms with van der Waals surface area (Å²) in [6, 6.07) is 5.26. The molecule has 2 rings (SSSR count). The van der Waals surface area contributed by atoms with E-state index in [1.54, 1.807) is 25.3 Å². The minimum absolute atomic E-state index is 0.223. The highest BCUT2D eigenvalue weighted by Crippen LogP contribution is 2.27. The van der Waals surface area contributed by atoms with Crippen molar-refractivity contribution in [3.05, 3.63) is 45.8 Å². The Bertz CT molecular complexity index is 658. The van der Waals surface area contributed by atoms with E-state index < -0.39 is 10.7 Å². The van der Waals surface area contributed by atoms with Crippen molar-refractivity contribution in [1.82, 2.24) is 5.32 Å². The quantitative estimate of drug-likeness (QED) is 0.511. The lowest BCUT2D eigenvalue weighted by Gasteiger charge is -2.29. The number of ether oxygens (including phenoxy) is 2. The number of benzene rings is 1. The van der Waals surface area contributed by atoms with Gasteiger partial charge in [0.15, 0.2) is 5.79 Å². The molecular weight excluding hydrogens is 290 g/mol. The van der Waals surface area contributed by atoms with Crippen molar-refractivity contribution >= 4 is 5.84 Å². The standard InChI is InChI=1S/C13H17N5O4/c1-21-9-4-3-8(11(5-9)22-2)6-13(15)16-7-10(18(19)20)12(14)17-13/h3-5,7,16H,6,15H2,1-2H3,(H2,14,17). The minimum atomic E-state index is -1.29. The zero-order chi connectivity index (χ0) is 16.3. The van der Waals surface area contributed by atoms with Gasteiger partial charge in [0.25, 0.3) is 0 Å². The molecule has 1 aromatic carbocycles. The average molecular weight is 307 g/mol. The first-order valence-electron chi connectivity index (χ1n) is 6.36. The Morgan fingerprint density at radius 1 is 1.41 bits per heavy atom. The highest BCUT2D eigenvalue weighted by atomic mass is 16.6. The van der Waals surface area contributed by atoms with Crippen LogP contribution in [0.4, 0.5) is 0 Å². The predicted octanol–water partition coefficient (Wildman–Crippen LogP) is -0.0627. The molecule has 0 saturated heterocycles. The summed E-state index contributed by atoms with van der Waals surface area (Å²) >= 11 is 0. The Kier molecular flexibility index (Phi) is 4.18. The molecule has 118 valence electrons. The highest BCUT2D eigenvalue weighted by Gasteiger charge is 2.33. The van der Waals surface area contributed by atoms with Gasteiger partial charge in [0.1, 0.15) is 11.5 Å². The fraction of sp³-hybridized carbons (Fsp3) is 0.308. The third-order valence-electron chi connectivity index (χ3n) is 3.19. The second-order valence-electron chi connectivity index (χ2n) is 4.71. The molecule has 0 saturated carbocycles. The van der Waals surface area contributed by atoms with Crippen molar-refractivity contribution < 1.29 is 14.4 Å². The van der Waals surface area contributed by atoms with Crippen LogP contribution in [0.25, 0.3) is 0 Å². The molecule has 1 unspecified atom stereocenters. The predicted molar refractivity (Wildman–Crippen MR) is 80.0 cm³/mol. The van der Waals surface area contributed by atoms with Gasteiger partial charge in [-0.25, -0.2) is 4.99 Å². The largest absolute Gasteiger partial charge is 0.497 e. The second kappa shape index (κ2) is 5.90. The van der Waals surface area contributed by atoms with Gasteiger partial charge in [-0.1, -0.05) is 6.07 Å². The number of nitrogens with zero attached hydrogens (tertiary/aromatic N) is 2. The summed E-state index contributed by atoms with van der Waals surface area (Å²) in [5.74, 6) is -0.296. The zero-order valence-corrected chi connectivity index (χ0v) is 12.2. The maximum absolute atomic E-state index is 10.8. The molecule has 0 aromatic heterocycles. The summed E-state index contributed by atoms with van der Waals surface area (Å²) < 4.78 is 10.4. The van der Waals surface area contributed by atoms with Crippen molar-refractivity contribution in [1.29, 1.82) is 0 Å². The van der Waals surface area contributed by atoms with Gasteiger partial charge in [-0.05, 0) is 6.07 Å². The lowest BCUT2D eigenvalue weighted by Crippen LogP contribution is -2.55. The SMILES string of the molecule is COc1ccc(CC2(N)N=C(N)C([N+](=O)[O-])=CN2)c(OC)c1. The molecule has 1 aliphatic rings. The maximum atomic E-state index is 10.8. The summed E-state index contributed by atoms with van der Waals surface area (Å²) in [5.41, 5.74) is 12.1. The van der Waals surface area contributed by atoms with E-state index in [1.807, 2.05) is 0 Å². The number of hydrogen-bond donors (Lipinski definition) is 3. The lowest BCUT2D eigenvalue weighted by molar-refractivity contribution is -0.416. The smallest absolute Gasteiger partial charge is 0.326 e. The average Bonchev–Trinajstić information content (AvgIpc) is 2.46. The third-order valence-corrected chi connectivity index (χ3v) is 3.19. The van der Waals surface area contributed by atoms with Crippen molar-refractivity contribution in [3.8, 4) is 11.5 Å². The van der Waals surface area contributed by atoms with Crippen LogP contribution < -0.4 is 26.3 Å². The monoisotopic (exact) mass is 307 g/mol. The van der Waals surface area contributed by atoms with Crippen LogP contribution in [0.2, 0.25) is 0 Å². The van der Waals surface area contributed by atoms with Gasteiger partial charge >= 0.3 is 5.70 Å². The normalized spacial score (nSPS) is 20.5.